The van der Waals surface area contributed by atoms with E-state index in [0.29, 0.717) is 6.07 Å². The van der Waals surface area contributed by atoms with Crippen molar-refractivity contribution in [2.24, 2.45) is 0 Å². The number of nitrogens with one attached hydrogen (secondary N) is 1. The van der Waals surface area contributed by atoms with Crippen LogP contribution in [0, 0.1) is 11.6 Å². The average molecular weight is 383 g/mol. The lowest BCUT2D eigenvalue weighted by Crippen LogP contribution is -2.35. The maximum atomic E-state index is 13.8. The van der Waals surface area contributed by atoms with Crippen LogP contribution in [0.4, 0.5) is 14.5 Å². The zero-order valence-corrected chi connectivity index (χ0v) is 16.0. The Labute approximate surface area is 153 Å². The van der Waals surface area contributed by atoms with E-state index in [4.69, 9.17) is 0 Å². The van der Waals surface area contributed by atoms with E-state index in [-0.39, 0.29) is 12.6 Å². The molecule has 5 nitrogen and oxygen atoms in total. The van der Waals surface area contributed by atoms with Gasteiger partial charge in [0.1, 0.15) is 16.5 Å². The standard InChI is InChI=1S/C18H23F2N3O2S/c1-22(2)15-8-5-13(6-9-15)17(23(3)4)12-21-26(24,25)18-10-7-14(19)11-16(18)20/h5-11,17,21H,12H2,1-4H3. The van der Waals surface area contributed by atoms with E-state index in [1.54, 1.807) is 0 Å². The lowest BCUT2D eigenvalue weighted by Gasteiger charge is -2.25. The molecule has 26 heavy (non-hydrogen) atoms. The van der Waals surface area contributed by atoms with Crippen LogP contribution in [-0.4, -0.2) is 48.1 Å². The van der Waals surface area contributed by atoms with Crippen molar-refractivity contribution >= 4 is 15.7 Å². The SMILES string of the molecule is CN(C)c1ccc(C(CNS(=O)(=O)c2ccc(F)cc2F)N(C)C)cc1. The summed E-state index contributed by atoms with van der Waals surface area (Å²) < 4.78 is 53.9. The molecule has 0 aliphatic rings. The summed E-state index contributed by atoms with van der Waals surface area (Å²) in [5, 5.41) is 0. The highest BCUT2D eigenvalue weighted by molar-refractivity contribution is 7.89. The van der Waals surface area contributed by atoms with Gasteiger partial charge in [0.05, 0.1) is 0 Å². The number of nitrogens with zero attached hydrogens (tertiary/aromatic N) is 2. The van der Waals surface area contributed by atoms with Gasteiger partial charge in [0.15, 0.2) is 0 Å². The summed E-state index contributed by atoms with van der Waals surface area (Å²) >= 11 is 0. The predicted molar refractivity (Wildman–Crippen MR) is 98.7 cm³/mol. The minimum Gasteiger partial charge on any atom is -0.378 e. The highest BCUT2D eigenvalue weighted by Crippen LogP contribution is 2.22. The van der Waals surface area contributed by atoms with Crippen LogP contribution in [0.25, 0.3) is 0 Å². The maximum Gasteiger partial charge on any atom is 0.243 e. The van der Waals surface area contributed by atoms with Crippen molar-refractivity contribution in [1.82, 2.24) is 9.62 Å². The van der Waals surface area contributed by atoms with Gasteiger partial charge in [-0.3, -0.25) is 0 Å². The summed E-state index contributed by atoms with van der Waals surface area (Å²) in [6.45, 7) is 0.0491. The fourth-order valence-electron chi connectivity index (χ4n) is 2.55. The van der Waals surface area contributed by atoms with Crippen molar-refractivity contribution in [3.63, 3.8) is 0 Å². The molecule has 0 aliphatic carbocycles. The number of anilines is 1. The maximum absolute atomic E-state index is 13.8. The number of halogens is 2. The van der Waals surface area contributed by atoms with Gasteiger partial charge in [0.25, 0.3) is 0 Å². The lowest BCUT2D eigenvalue weighted by atomic mass is 10.1. The first-order valence-corrected chi connectivity index (χ1v) is 9.48. The van der Waals surface area contributed by atoms with Crippen molar-refractivity contribution in [3.8, 4) is 0 Å². The lowest BCUT2D eigenvalue weighted by molar-refractivity contribution is 0.299. The number of hydrogen-bond acceptors (Lipinski definition) is 4. The molecule has 2 aromatic carbocycles. The second kappa shape index (κ2) is 8.11. The van der Waals surface area contributed by atoms with Gasteiger partial charge < -0.3 is 9.80 Å². The minimum absolute atomic E-state index is 0.0491. The quantitative estimate of drug-likeness (QED) is 0.799. The number of likely N-dealkylation sites (N-methyl/N-ethyl adjacent to an activating group) is 1. The van der Waals surface area contributed by atoms with Crippen molar-refractivity contribution in [1.29, 1.82) is 0 Å². The van der Waals surface area contributed by atoms with E-state index < -0.39 is 26.6 Å². The molecule has 8 heteroatoms. The smallest absolute Gasteiger partial charge is 0.243 e. The van der Waals surface area contributed by atoms with Gasteiger partial charge in [-0.1, -0.05) is 12.1 Å². The Morgan fingerprint density at radius 3 is 2.12 bits per heavy atom. The molecule has 0 radical (unpaired) electrons. The third-order valence-corrected chi connectivity index (χ3v) is 5.52. The van der Waals surface area contributed by atoms with Gasteiger partial charge in [0.2, 0.25) is 10.0 Å². The zero-order chi connectivity index (χ0) is 19.5. The predicted octanol–water partition coefficient (Wildman–Crippen LogP) is 2.61. The van der Waals surface area contributed by atoms with Crippen LogP contribution in [0.15, 0.2) is 47.4 Å². The normalized spacial score (nSPS) is 13.0. The molecule has 0 aliphatic heterocycles. The van der Waals surface area contributed by atoms with E-state index in [0.717, 1.165) is 23.4 Å². The highest BCUT2D eigenvalue weighted by Gasteiger charge is 2.22. The van der Waals surface area contributed by atoms with Gasteiger partial charge in [-0.2, -0.15) is 0 Å². The van der Waals surface area contributed by atoms with Crippen LogP contribution >= 0.6 is 0 Å². The number of benzene rings is 2. The minimum atomic E-state index is -4.09. The van der Waals surface area contributed by atoms with E-state index >= 15 is 0 Å². The Morgan fingerprint density at radius 1 is 1.00 bits per heavy atom. The molecule has 0 aromatic heterocycles. The van der Waals surface area contributed by atoms with Gasteiger partial charge >= 0.3 is 0 Å². The second-order valence-corrected chi connectivity index (χ2v) is 8.13. The van der Waals surface area contributed by atoms with E-state index in [1.165, 1.54) is 0 Å². The van der Waals surface area contributed by atoms with Crippen molar-refractivity contribution in [2.45, 2.75) is 10.9 Å². The first kappa shape index (κ1) is 20.3. The van der Waals surface area contributed by atoms with Crippen molar-refractivity contribution in [3.05, 3.63) is 59.7 Å². The molecule has 0 saturated carbocycles. The summed E-state index contributed by atoms with van der Waals surface area (Å²) in [5.41, 5.74) is 1.95. The van der Waals surface area contributed by atoms with Crippen molar-refractivity contribution in [2.75, 3.05) is 39.6 Å². The average Bonchev–Trinajstić information content (AvgIpc) is 2.54. The Balaban J connectivity index is 2.20. The Morgan fingerprint density at radius 2 is 1.62 bits per heavy atom. The van der Waals surface area contributed by atoms with Crippen LogP contribution in [0.1, 0.15) is 11.6 Å². The molecule has 2 rings (SSSR count). The Kier molecular flexibility index (Phi) is 6.33. The summed E-state index contributed by atoms with van der Waals surface area (Å²) in [5.74, 6) is -1.94. The van der Waals surface area contributed by atoms with Gasteiger partial charge in [-0.05, 0) is 43.9 Å². The first-order chi connectivity index (χ1) is 12.1. The van der Waals surface area contributed by atoms with Gasteiger partial charge in [0, 0.05) is 38.4 Å². The zero-order valence-electron chi connectivity index (χ0n) is 15.2. The molecule has 0 saturated heterocycles. The Bertz CT molecular complexity index is 853. The number of hydrogen-bond donors (Lipinski definition) is 1. The monoisotopic (exact) mass is 383 g/mol. The summed E-state index contributed by atoms with van der Waals surface area (Å²) in [6, 6.07) is 9.88. The molecule has 1 atom stereocenters. The summed E-state index contributed by atoms with van der Waals surface area (Å²) in [7, 11) is 3.44. The summed E-state index contributed by atoms with van der Waals surface area (Å²) in [4.78, 5) is 3.27. The molecular formula is C18H23F2N3O2S. The fourth-order valence-corrected chi connectivity index (χ4v) is 3.65. The largest absolute Gasteiger partial charge is 0.378 e. The van der Waals surface area contributed by atoms with E-state index in [2.05, 4.69) is 4.72 Å². The third-order valence-electron chi connectivity index (χ3n) is 4.07. The van der Waals surface area contributed by atoms with Gasteiger partial charge in [-0.25, -0.2) is 21.9 Å². The first-order valence-electron chi connectivity index (χ1n) is 8.00. The third kappa shape index (κ3) is 4.78. The molecule has 142 valence electrons. The highest BCUT2D eigenvalue weighted by atomic mass is 32.2. The topological polar surface area (TPSA) is 52.7 Å². The second-order valence-electron chi connectivity index (χ2n) is 6.39. The van der Waals surface area contributed by atoms with Crippen LogP contribution in [-0.2, 0) is 10.0 Å². The Hall–Kier alpha value is -2.03. The van der Waals surface area contributed by atoms with Crippen LogP contribution in [0.3, 0.4) is 0 Å². The molecule has 2 aromatic rings. The molecule has 0 fully saturated rings. The number of sulfonamides is 1. The molecule has 1 N–H and O–H groups in total. The molecular weight excluding hydrogens is 360 g/mol. The van der Waals surface area contributed by atoms with Gasteiger partial charge in [-0.15, -0.1) is 0 Å². The molecule has 0 amide bonds. The molecule has 1 unspecified atom stereocenters. The summed E-state index contributed by atoms with van der Waals surface area (Å²) in [6.07, 6.45) is 0. The van der Waals surface area contributed by atoms with Crippen LogP contribution in [0.5, 0.6) is 0 Å². The van der Waals surface area contributed by atoms with Crippen LogP contribution < -0.4 is 9.62 Å². The molecule has 0 heterocycles. The molecule has 0 spiro atoms. The van der Waals surface area contributed by atoms with E-state index in [1.807, 2.05) is 62.3 Å². The molecule has 0 bridgehead atoms. The van der Waals surface area contributed by atoms with E-state index in [9.17, 15) is 17.2 Å². The number of rotatable bonds is 7. The van der Waals surface area contributed by atoms with Crippen molar-refractivity contribution < 1.29 is 17.2 Å². The fraction of sp³-hybridized carbons (Fsp3) is 0.333. The van der Waals surface area contributed by atoms with Crippen LogP contribution in [0.2, 0.25) is 0 Å².